The highest BCUT2D eigenvalue weighted by Gasteiger charge is 2.24. The van der Waals surface area contributed by atoms with E-state index in [1.807, 2.05) is 0 Å². The van der Waals surface area contributed by atoms with Crippen LogP contribution in [0, 0.1) is 0 Å². The molecule has 108 valence electrons. The Bertz CT molecular complexity index is 553. The molecule has 1 heterocycles. The molecule has 0 aliphatic carbocycles. The molecule has 0 bridgehead atoms. The van der Waals surface area contributed by atoms with E-state index in [1.165, 1.54) is 16.7 Å². The van der Waals surface area contributed by atoms with Crippen molar-refractivity contribution >= 4 is 27.5 Å². The number of thiazole rings is 1. The van der Waals surface area contributed by atoms with Crippen molar-refractivity contribution < 1.29 is 18.3 Å². The van der Waals surface area contributed by atoms with Crippen molar-refractivity contribution in [1.82, 2.24) is 14.0 Å². The second-order valence-corrected chi connectivity index (χ2v) is 6.98. The molecule has 0 aliphatic rings. The Labute approximate surface area is 116 Å². The predicted octanol–water partition coefficient (Wildman–Crippen LogP) is 1.08. The van der Waals surface area contributed by atoms with Crippen molar-refractivity contribution in [2.75, 3.05) is 7.05 Å². The van der Waals surface area contributed by atoms with Crippen LogP contribution in [0.4, 0.5) is 0 Å². The molecule has 1 atom stereocenters. The summed E-state index contributed by atoms with van der Waals surface area (Å²) in [7, 11) is -2.14. The van der Waals surface area contributed by atoms with Crippen LogP contribution in [0.25, 0.3) is 0 Å². The standard InChI is InChI=1S/C10H17N3O4S2/c1-6(2)13(4)19(16,17)12-7(3)9-11-8(5-18-9)10(14)15/h5-7,12H,1-4H3,(H,14,15). The van der Waals surface area contributed by atoms with Crippen LogP contribution in [-0.4, -0.2) is 41.9 Å². The van der Waals surface area contributed by atoms with Crippen molar-refractivity contribution in [1.29, 1.82) is 0 Å². The van der Waals surface area contributed by atoms with E-state index >= 15 is 0 Å². The number of aromatic carboxylic acids is 1. The lowest BCUT2D eigenvalue weighted by atomic mass is 10.4. The number of nitrogens with one attached hydrogen (secondary N) is 1. The molecule has 1 rings (SSSR count). The van der Waals surface area contributed by atoms with Crippen LogP contribution < -0.4 is 4.72 Å². The maximum atomic E-state index is 12.0. The van der Waals surface area contributed by atoms with Crippen LogP contribution in [0.15, 0.2) is 5.38 Å². The summed E-state index contributed by atoms with van der Waals surface area (Å²) in [5.74, 6) is -1.13. The largest absolute Gasteiger partial charge is 0.476 e. The minimum Gasteiger partial charge on any atom is -0.476 e. The molecule has 0 saturated carbocycles. The quantitative estimate of drug-likeness (QED) is 0.819. The fourth-order valence-electron chi connectivity index (χ4n) is 1.22. The highest BCUT2D eigenvalue weighted by molar-refractivity contribution is 7.87. The van der Waals surface area contributed by atoms with Gasteiger partial charge in [0.05, 0.1) is 6.04 Å². The number of carbonyl (C=O) groups is 1. The molecular weight excluding hydrogens is 290 g/mol. The van der Waals surface area contributed by atoms with Crippen LogP contribution in [0.3, 0.4) is 0 Å². The van der Waals surface area contributed by atoms with Gasteiger partial charge < -0.3 is 5.11 Å². The Kier molecular flexibility index (Phi) is 5.02. The lowest BCUT2D eigenvalue weighted by Crippen LogP contribution is -2.42. The average Bonchev–Trinajstić information content (AvgIpc) is 2.76. The third-order valence-corrected chi connectivity index (χ3v) is 5.40. The van der Waals surface area contributed by atoms with Crippen molar-refractivity contribution in [3.05, 3.63) is 16.1 Å². The first-order chi connectivity index (χ1) is 8.65. The van der Waals surface area contributed by atoms with Crippen LogP contribution in [0.2, 0.25) is 0 Å². The van der Waals surface area contributed by atoms with E-state index in [0.717, 1.165) is 11.3 Å². The van der Waals surface area contributed by atoms with Crippen molar-refractivity contribution in [2.24, 2.45) is 0 Å². The lowest BCUT2D eigenvalue weighted by Gasteiger charge is -2.23. The summed E-state index contributed by atoms with van der Waals surface area (Å²) in [5.41, 5.74) is -0.0803. The minimum absolute atomic E-state index is 0.0803. The van der Waals surface area contributed by atoms with Gasteiger partial charge in [0.15, 0.2) is 5.69 Å². The van der Waals surface area contributed by atoms with E-state index in [-0.39, 0.29) is 11.7 Å². The molecule has 1 unspecified atom stereocenters. The zero-order valence-electron chi connectivity index (χ0n) is 11.1. The maximum Gasteiger partial charge on any atom is 0.355 e. The topological polar surface area (TPSA) is 99.6 Å². The molecule has 1 aromatic heterocycles. The van der Waals surface area contributed by atoms with Gasteiger partial charge in [-0.2, -0.15) is 17.4 Å². The van der Waals surface area contributed by atoms with E-state index in [9.17, 15) is 13.2 Å². The van der Waals surface area contributed by atoms with E-state index < -0.39 is 22.2 Å². The van der Waals surface area contributed by atoms with E-state index in [4.69, 9.17) is 5.11 Å². The number of aromatic nitrogens is 1. The summed E-state index contributed by atoms with van der Waals surface area (Å²) in [6, 6.07) is -0.750. The maximum absolute atomic E-state index is 12.0. The molecule has 19 heavy (non-hydrogen) atoms. The third kappa shape index (κ3) is 3.96. The van der Waals surface area contributed by atoms with Crippen molar-refractivity contribution in [2.45, 2.75) is 32.9 Å². The fraction of sp³-hybridized carbons (Fsp3) is 0.600. The van der Waals surface area contributed by atoms with Gasteiger partial charge in [0, 0.05) is 18.5 Å². The van der Waals surface area contributed by atoms with Gasteiger partial charge in [-0.1, -0.05) is 0 Å². The van der Waals surface area contributed by atoms with E-state index in [1.54, 1.807) is 20.8 Å². The second-order valence-electron chi connectivity index (χ2n) is 4.33. The summed E-state index contributed by atoms with van der Waals surface area (Å²) in [6.07, 6.45) is 0. The monoisotopic (exact) mass is 307 g/mol. The molecule has 0 radical (unpaired) electrons. The predicted molar refractivity (Wildman–Crippen MR) is 72.4 cm³/mol. The molecule has 1 aromatic rings. The Hall–Kier alpha value is -1.03. The third-order valence-electron chi connectivity index (χ3n) is 2.54. The van der Waals surface area contributed by atoms with Crippen LogP contribution >= 0.6 is 11.3 Å². The Balaban J connectivity index is 2.84. The van der Waals surface area contributed by atoms with Gasteiger partial charge in [0.1, 0.15) is 5.01 Å². The molecular formula is C10H17N3O4S2. The molecule has 0 aromatic carbocycles. The second kappa shape index (κ2) is 5.95. The zero-order valence-corrected chi connectivity index (χ0v) is 12.7. The normalized spacial score (nSPS) is 14.0. The van der Waals surface area contributed by atoms with Crippen molar-refractivity contribution in [3.63, 3.8) is 0 Å². The Morgan fingerprint density at radius 1 is 1.47 bits per heavy atom. The molecule has 0 saturated heterocycles. The van der Waals surface area contributed by atoms with E-state index in [2.05, 4.69) is 9.71 Å². The molecule has 9 heteroatoms. The first kappa shape index (κ1) is 16.0. The van der Waals surface area contributed by atoms with Gasteiger partial charge in [0.25, 0.3) is 10.2 Å². The molecule has 7 nitrogen and oxygen atoms in total. The van der Waals surface area contributed by atoms with Gasteiger partial charge in [-0.15, -0.1) is 11.3 Å². The van der Waals surface area contributed by atoms with Gasteiger partial charge in [-0.25, -0.2) is 9.78 Å². The molecule has 0 fully saturated rings. The van der Waals surface area contributed by atoms with Crippen LogP contribution in [0.5, 0.6) is 0 Å². The number of nitrogens with zero attached hydrogens (tertiary/aromatic N) is 2. The number of hydrogen-bond acceptors (Lipinski definition) is 5. The molecule has 0 spiro atoms. The molecule has 2 N–H and O–H groups in total. The summed E-state index contributed by atoms with van der Waals surface area (Å²) in [6.45, 7) is 5.14. The first-order valence-electron chi connectivity index (χ1n) is 5.59. The summed E-state index contributed by atoms with van der Waals surface area (Å²) in [4.78, 5) is 14.6. The smallest absolute Gasteiger partial charge is 0.355 e. The molecule has 0 amide bonds. The molecule has 0 aliphatic heterocycles. The summed E-state index contributed by atoms with van der Waals surface area (Å²) in [5, 5.41) is 10.6. The van der Waals surface area contributed by atoms with Crippen LogP contribution in [-0.2, 0) is 10.2 Å². The average molecular weight is 307 g/mol. The minimum atomic E-state index is -3.62. The number of carboxylic acids is 1. The number of hydrogen-bond donors (Lipinski definition) is 2. The van der Waals surface area contributed by atoms with Gasteiger partial charge in [-0.05, 0) is 20.8 Å². The summed E-state index contributed by atoms with van der Waals surface area (Å²) < 4.78 is 27.6. The van der Waals surface area contributed by atoms with Gasteiger partial charge >= 0.3 is 5.97 Å². The highest BCUT2D eigenvalue weighted by Crippen LogP contribution is 2.19. The first-order valence-corrected chi connectivity index (χ1v) is 7.91. The lowest BCUT2D eigenvalue weighted by molar-refractivity contribution is 0.0691. The van der Waals surface area contributed by atoms with E-state index in [0.29, 0.717) is 5.01 Å². The van der Waals surface area contributed by atoms with Crippen LogP contribution in [0.1, 0.15) is 42.3 Å². The van der Waals surface area contributed by atoms with Gasteiger partial charge in [-0.3, -0.25) is 0 Å². The Morgan fingerprint density at radius 3 is 2.47 bits per heavy atom. The number of rotatable bonds is 6. The zero-order chi connectivity index (χ0) is 14.8. The van der Waals surface area contributed by atoms with Gasteiger partial charge in [0.2, 0.25) is 0 Å². The number of carboxylic acid groups (broad SMARTS) is 1. The SMILES string of the molecule is CC(NS(=O)(=O)N(C)C(C)C)c1nc(C(=O)O)cs1. The van der Waals surface area contributed by atoms with Crippen molar-refractivity contribution in [3.8, 4) is 0 Å². The Morgan fingerprint density at radius 2 is 2.05 bits per heavy atom. The fourth-order valence-corrected chi connectivity index (χ4v) is 3.37. The summed E-state index contributed by atoms with van der Waals surface area (Å²) >= 11 is 1.11. The highest BCUT2D eigenvalue weighted by atomic mass is 32.2.